The molecular weight excluding hydrogens is 686 g/mol. The average Bonchev–Trinajstić information content (AvgIpc) is 3.18. The van der Waals surface area contributed by atoms with E-state index in [-0.39, 0.29) is 32.0 Å². The highest BCUT2D eigenvalue weighted by Gasteiger charge is 2.38. The maximum absolute atomic E-state index is 14.2. The van der Waals surface area contributed by atoms with E-state index in [1.807, 2.05) is 111 Å². The van der Waals surface area contributed by atoms with Gasteiger partial charge in [0.1, 0.15) is 24.7 Å². The van der Waals surface area contributed by atoms with Crippen LogP contribution in [0.4, 0.5) is 4.79 Å². The molecule has 7 N–H and O–H groups in total. The molecule has 0 spiro atoms. The number of hydrogen-bond donors (Lipinski definition) is 7. The summed E-state index contributed by atoms with van der Waals surface area (Å²) in [6, 6.07) is 31.9. The Morgan fingerprint density at radius 1 is 0.556 bits per heavy atom. The van der Waals surface area contributed by atoms with E-state index in [1.165, 1.54) is 6.92 Å². The summed E-state index contributed by atoms with van der Waals surface area (Å²) in [4.78, 5) is 54.1. The molecule has 286 valence electrons. The molecule has 0 heterocycles. The molecule has 4 amide bonds. The van der Waals surface area contributed by atoms with Gasteiger partial charge in [0.05, 0.1) is 18.2 Å². The Kier molecular flexibility index (Phi) is 16.2. The average molecular weight is 738 g/mol. The fourth-order valence-corrected chi connectivity index (χ4v) is 5.79. The maximum atomic E-state index is 14.2. The van der Waals surface area contributed by atoms with Crippen LogP contribution in [0.5, 0.6) is 0 Å². The van der Waals surface area contributed by atoms with Crippen LogP contribution in [-0.4, -0.2) is 70.4 Å². The number of ether oxygens (including phenoxy) is 1. The lowest BCUT2D eigenvalue weighted by atomic mass is 9.94. The number of carbonyl (C=O) groups is 4. The van der Waals surface area contributed by atoms with E-state index in [4.69, 9.17) is 4.74 Å². The van der Waals surface area contributed by atoms with Crippen molar-refractivity contribution < 1.29 is 34.1 Å². The predicted octanol–water partition coefficient (Wildman–Crippen LogP) is 3.37. The molecule has 0 aliphatic carbocycles. The zero-order chi connectivity index (χ0) is 38.9. The lowest BCUT2D eigenvalue weighted by Crippen LogP contribution is -2.63. The van der Waals surface area contributed by atoms with Crippen LogP contribution in [0.1, 0.15) is 43.0 Å². The molecule has 4 aromatic carbocycles. The van der Waals surface area contributed by atoms with E-state index in [0.29, 0.717) is 0 Å². The SMILES string of the molecule is CC(C)[C@H](NC(=O)[C@H](NCc1ccccc1)[C@H](O)[C@H](Cc1ccccc1)NC(=O)[C@@H](NC(=O)OCc1ccccc1)[C@H](C)O)C(=O)NCc1ccccc1. The number of aliphatic hydroxyl groups excluding tert-OH is 2. The van der Waals surface area contributed by atoms with Gasteiger partial charge in [-0.1, -0.05) is 135 Å². The van der Waals surface area contributed by atoms with Crippen LogP contribution >= 0.6 is 0 Å². The minimum Gasteiger partial charge on any atom is -0.445 e. The molecule has 0 aromatic heterocycles. The Bertz CT molecular complexity index is 1740. The normalized spacial score (nSPS) is 14.4. The topological polar surface area (TPSA) is 178 Å². The standard InChI is InChI=1S/C42H51N5O7/c1-28(2)35(39(50)44-26-32-20-12-6-13-21-32)46-41(52)37(43-25-31-18-10-5-11-19-31)38(49)34(24-30-16-8-4-9-17-30)45-40(51)36(29(3)48)47-42(53)54-27-33-22-14-7-15-23-33/h4-23,28-29,34-38,43,48-49H,24-27H2,1-3H3,(H,44,50)(H,45,51)(H,46,52)(H,47,53)/t29-,34-,35-,36-,37+,38+/m0/s1. The Morgan fingerprint density at radius 3 is 1.56 bits per heavy atom. The summed E-state index contributed by atoms with van der Waals surface area (Å²) >= 11 is 0. The number of rotatable bonds is 19. The number of hydrogen-bond acceptors (Lipinski definition) is 8. The number of amides is 4. The third kappa shape index (κ3) is 13.1. The molecule has 4 rings (SSSR count). The molecule has 0 saturated carbocycles. The van der Waals surface area contributed by atoms with Crippen LogP contribution in [0.25, 0.3) is 0 Å². The van der Waals surface area contributed by atoms with Gasteiger partial charge in [-0.05, 0) is 41.5 Å². The summed E-state index contributed by atoms with van der Waals surface area (Å²) < 4.78 is 5.28. The molecule has 0 radical (unpaired) electrons. The van der Waals surface area contributed by atoms with Gasteiger partial charge in [-0.3, -0.25) is 19.7 Å². The first-order valence-electron chi connectivity index (χ1n) is 18.1. The Labute approximate surface area is 316 Å². The van der Waals surface area contributed by atoms with Gasteiger partial charge in [-0.25, -0.2) is 4.79 Å². The Morgan fingerprint density at radius 2 is 1.04 bits per heavy atom. The maximum Gasteiger partial charge on any atom is 0.408 e. The van der Waals surface area contributed by atoms with Crippen molar-refractivity contribution in [1.82, 2.24) is 26.6 Å². The minimum atomic E-state index is -1.56. The first kappa shape index (κ1) is 41.2. The van der Waals surface area contributed by atoms with Crippen molar-refractivity contribution in [2.24, 2.45) is 5.92 Å². The van der Waals surface area contributed by atoms with E-state index in [2.05, 4.69) is 26.6 Å². The summed E-state index contributed by atoms with van der Waals surface area (Å²) in [6.45, 7) is 5.35. The molecule has 4 aromatic rings. The first-order valence-corrected chi connectivity index (χ1v) is 18.1. The van der Waals surface area contributed by atoms with Crippen molar-refractivity contribution in [2.75, 3.05) is 0 Å². The van der Waals surface area contributed by atoms with E-state index < -0.39 is 60.2 Å². The minimum absolute atomic E-state index is 0.0539. The summed E-state index contributed by atoms with van der Waals surface area (Å²) in [5.74, 6) is -2.16. The van der Waals surface area contributed by atoms with Gasteiger partial charge in [0, 0.05) is 13.1 Å². The van der Waals surface area contributed by atoms with E-state index in [9.17, 15) is 29.4 Å². The monoisotopic (exact) mass is 737 g/mol. The predicted molar refractivity (Wildman–Crippen MR) is 205 cm³/mol. The summed E-state index contributed by atoms with van der Waals surface area (Å²) in [7, 11) is 0. The van der Waals surface area contributed by atoms with Crippen molar-refractivity contribution in [2.45, 2.75) is 83.3 Å². The van der Waals surface area contributed by atoms with Gasteiger partial charge < -0.3 is 36.2 Å². The van der Waals surface area contributed by atoms with E-state index in [1.54, 1.807) is 24.3 Å². The smallest absolute Gasteiger partial charge is 0.408 e. The van der Waals surface area contributed by atoms with Gasteiger partial charge in [0.2, 0.25) is 17.7 Å². The molecule has 0 aliphatic rings. The lowest BCUT2D eigenvalue weighted by Gasteiger charge is -2.33. The molecule has 0 saturated heterocycles. The molecule has 0 bridgehead atoms. The van der Waals surface area contributed by atoms with Gasteiger partial charge in [-0.2, -0.15) is 0 Å². The second-order valence-electron chi connectivity index (χ2n) is 13.5. The third-order valence-corrected chi connectivity index (χ3v) is 8.84. The van der Waals surface area contributed by atoms with Crippen LogP contribution < -0.4 is 26.6 Å². The quantitative estimate of drug-likeness (QED) is 0.0766. The number of aliphatic hydroxyl groups is 2. The molecule has 12 nitrogen and oxygen atoms in total. The first-order chi connectivity index (χ1) is 26.0. The van der Waals surface area contributed by atoms with Crippen LogP contribution in [0.15, 0.2) is 121 Å². The molecular formula is C42H51N5O7. The third-order valence-electron chi connectivity index (χ3n) is 8.84. The van der Waals surface area contributed by atoms with Crippen LogP contribution in [-0.2, 0) is 45.2 Å². The molecule has 0 unspecified atom stereocenters. The van der Waals surface area contributed by atoms with Gasteiger partial charge in [0.25, 0.3) is 0 Å². The number of carbonyl (C=O) groups excluding carboxylic acids is 4. The van der Waals surface area contributed by atoms with E-state index >= 15 is 0 Å². The summed E-state index contributed by atoms with van der Waals surface area (Å²) in [5, 5.41) is 36.7. The number of benzene rings is 4. The van der Waals surface area contributed by atoms with Crippen LogP contribution in [0.2, 0.25) is 0 Å². The second-order valence-corrected chi connectivity index (χ2v) is 13.5. The van der Waals surface area contributed by atoms with Gasteiger partial charge >= 0.3 is 6.09 Å². The van der Waals surface area contributed by atoms with Gasteiger partial charge in [-0.15, -0.1) is 0 Å². The lowest BCUT2D eigenvalue weighted by molar-refractivity contribution is -0.134. The Balaban J connectivity index is 1.56. The van der Waals surface area contributed by atoms with Crippen molar-refractivity contribution in [1.29, 1.82) is 0 Å². The highest BCUT2D eigenvalue weighted by molar-refractivity contribution is 5.90. The fraction of sp³-hybridized carbons (Fsp3) is 0.333. The molecule has 12 heteroatoms. The largest absolute Gasteiger partial charge is 0.445 e. The van der Waals surface area contributed by atoms with Crippen molar-refractivity contribution in [3.8, 4) is 0 Å². The highest BCUT2D eigenvalue weighted by atomic mass is 16.5. The van der Waals surface area contributed by atoms with Crippen molar-refractivity contribution in [3.63, 3.8) is 0 Å². The van der Waals surface area contributed by atoms with Crippen molar-refractivity contribution >= 4 is 23.8 Å². The van der Waals surface area contributed by atoms with Crippen molar-refractivity contribution in [3.05, 3.63) is 144 Å². The van der Waals surface area contributed by atoms with E-state index in [0.717, 1.165) is 22.3 Å². The fourth-order valence-electron chi connectivity index (χ4n) is 5.79. The van der Waals surface area contributed by atoms with Crippen LogP contribution in [0.3, 0.4) is 0 Å². The zero-order valence-electron chi connectivity index (χ0n) is 30.9. The number of nitrogens with one attached hydrogen (secondary N) is 5. The molecule has 6 atom stereocenters. The molecule has 54 heavy (non-hydrogen) atoms. The summed E-state index contributed by atoms with van der Waals surface area (Å²) in [6.07, 6.45) is -3.74. The Hall–Kier alpha value is -5.56. The second kappa shape index (κ2) is 21.2. The van der Waals surface area contributed by atoms with Gasteiger partial charge in [0.15, 0.2) is 0 Å². The zero-order valence-corrected chi connectivity index (χ0v) is 30.9. The molecule has 0 aliphatic heterocycles. The number of alkyl carbamates (subject to hydrolysis) is 1. The van der Waals surface area contributed by atoms with Crippen LogP contribution in [0, 0.1) is 5.92 Å². The molecule has 0 fully saturated rings. The highest BCUT2D eigenvalue weighted by Crippen LogP contribution is 2.14. The summed E-state index contributed by atoms with van der Waals surface area (Å²) in [5.41, 5.74) is 3.21.